The van der Waals surface area contributed by atoms with Crippen LogP contribution in [0.5, 0.6) is 0 Å². The Bertz CT molecular complexity index is 136. The van der Waals surface area contributed by atoms with Gasteiger partial charge < -0.3 is 14.8 Å². The first kappa shape index (κ1) is 15.9. The molecule has 98 valence electrons. The fraction of sp³-hybridized carbons (Fsp3) is 1.00. The highest BCUT2D eigenvalue weighted by molar-refractivity contribution is 4.75. The number of hydrogen-bond acceptors (Lipinski definition) is 3. The molecule has 0 amide bonds. The number of hydrogen-bond donors (Lipinski definition) is 1. The summed E-state index contributed by atoms with van der Waals surface area (Å²) in [5.74, 6) is 0. The fourth-order valence-electron chi connectivity index (χ4n) is 1.91. The summed E-state index contributed by atoms with van der Waals surface area (Å²) in [4.78, 5) is 0. The van der Waals surface area contributed by atoms with E-state index in [2.05, 4.69) is 26.1 Å². The lowest BCUT2D eigenvalue weighted by atomic mass is 10.0. The van der Waals surface area contributed by atoms with Crippen LogP contribution in [0.25, 0.3) is 0 Å². The Labute approximate surface area is 101 Å². The minimum absolute atomic E-state index is 0.320. The zero-order chi connectivity index (χ0) is 12.2. The van der Waals surface area contributed by atoms with Crippen LogP contribution in [0.15, 0.2) is 0 Å². The van der Waals surface area contributed by atoms with Gasteiger partial charge in [0.1, 0.15) is 0 Å². The molecule has 0 aromatic rings. The fourth-order valence-corrected chi connectivity index (χ4v) is 1.91. The average Bonchev–Trinajstić information content (AvgIpc) is 2.29. The molecule has 0 aromatic heterocycles. The summed E-state index contributed by atoms with van der Waals surface area (Å²) in [5.41, 5.74) is 0. The second kappa shape index (κ2) is 11.4. The second-order valence-corrected chi connectivity index (χ2v) is 3.97. The topological polar surface area (TPSA) is 30.5 Å². The smallest absolute Gasteiger partial charge is 0.0726 e. The number of likely N-dealkylation sites (N-methyl/N-ethyl adjacent to an activating group) is 1. The molecule has 0 radical (unpaired) electrons. The van der Waals surface area contributed by atoms with E-state index in [-0.39, 0.29) is 0 Å². The van der Waals surface area contributed by atoms with Gasteiger partial charge in [0.15, 0.2) is 0 Å². The van der Waals surface area contributed by atoms with Gasteiger partial charge in [-0.15, -0.1) is 0 Å². The van der Waals surface area contributed by atoms with Gasteiger partial charge in [-0.05, 0) is 26.3 Å². The molecule has 0 aliphatic rings. The summed E-state index contributed by atoms with van der Waals surface area (Å²) < 4.78 is 11.2. The van der Waals surface area contributed by atoms with Crippen LogP contribution < -0.4 is 5.32 Å². The Hall–Kier alpha value is -0.120. The minimum Gasteiger partial charge on any atom is -0.379 e. The Morgan fingerprint density at radius 1 is 1.06 bits per heavy atom. The Morgan fingerprint density at radius 2 is 1.81 bits per heavy atom. The molecule has 0 heterocycles. The molecule has 2 unspecified atom stereocenters. The highest BCUT2D eigenvalue weighted by Gasteiger charge is 2.18. The molecular weight excluding hydrogens is 202 g/mol. The van der Waals surface area contributed by atoms with E-state index in [0.29, 0.717) is 25.4 Å². The van der Waals surface area contributed by atoms with E-state index < -0.39 is 0 Å². The van der Waals surface area contributed by atoms with E-state index in [4.69, 9.17) is 9.47 Å². The van der Waals surface area contributed by atoms with E-state index in [1.54, 1.807) is 0 Å². The van der Waals surface area contributed by atoms with E-state index in [1.807, 2.05) is 6.92 Å². The molecule has 3 heteroatoms. The van der Waals surface area contributed by atoms with Crippen molar-refractivity contribution in [1.29, 1.82) is 0 Å². The third-order valence-electron chi connectivity index (χ3n) is 2.68. The summed E-state index contributed by atoms with van der Waals surface area (Å²) in [5, 5.41) is 3.51. The van der Waals surface area contributed by atoms with Crippen LogP contribution in [-0.4, -0.2) is 38.5 Å². The van der Waals surface area contributed by atoms with E-state index >= 15 is 0 Å². The standard InChI is InChI=1S/C13H29NO2/c1-5-9-12(14-7-3)13(6-2)16-11-10-15-8-4/h12-14H,5-11H2,1-4H3. The SMILES string of the molecule is CCCC(NCC)C(CC)OCCOCC. The molecular formula is C13H29NO2. The van der Waals surface area contributed by atoms with Crippen LogP contribution in [0.4, 0.5) is 0 Å². The molecule has 0 aromatic carbocycles. The largest absolute Gasteiger partial charge is 0.379 e. The third kappa shape index (κ3) is 7.20. The Balaban J connectivity index is 3.89. The predicted octanol–water partition coefficient (Wildman–Crippen LogP) is 2.60. The highest BCUT2D eigenvalue weighted by Crippen LogP contribution is 2.10. The van der Waals surface area contributed by atoms with E-state index in [1.165, 1.54) is 12.8 Å². The van der Waals surface area contributed by atoms with Crippen molar-refractivity contribution in [2.45, 2.75) is 59.1 Å². The van der Waals surface area contributed by atoms with Crippen molar-refractivity contribution in [2.75, 3.05) is 26.4 Å². The molecule has 16 heavy (non-hydrogen) atoms. The Kier molecular flexibility index (Phi) is 11.3. The van der Waals surface area contributed by atoms with Crippen LogP contribution >= 0.6 is 0 Å². The van der Waals surface area contributed by atoms with Crippen molar-refractivity contribution in [3.05, 3.63) is 0 Å². The zero-order valence-corrected chi connectivity index (χ0v) is 11.4. The summed E-state index contributed by atoms with van der Waals surface area (Å²) >= 11 is 0. The normalized spacial score (nSPS) is 15.0. The van der Waals surface area contributed by atoms with E-state index in [0.717, 1.165) is 19.6 Å². The van der Waals surface area contributed by atoms with E-state index in [9.17, 15) is 0 Å². The first-order valence-electron chi connectivity index (χ1n) is 6.72. The number of rotatable bonds is 11. The lowest BCUT2D eigenvalue weighted by Gasteiger charge is -2.27. The first-order valence-corrected chi connectivity index (χ1v) is 6.72. The van der Waals surface area contributed by atoms with Crippen molar-refractivity contribution in [3.63, 3.8) is 0 Å². The van der Waals surface area contributed by atoms with Gasteiger partial charge in [-0.1, -0.05) is 27.2 Å². The lowest BCUT2D eigenvalue weighted by molar-refractivity contribution is -0.0123. The molecule has 0 fully saturated rings. The maximum Gasteiger partial charge on any atom is 0.0726 e. The maximum atomic E-state index is 5.87. The zero-order valence-electron chi connectivity index (χ0n) is 11.4. The monoisotopic (exact) mass is 231 g/mol. The molecule has 2 atom stereocenters. The molecule has 1 N–H and O–H groups in total. The van der Waals surface area contributed by atoms with Crippen LogP contribution in [0, 0.1) is 0 Å². The molecule has 0 rings (SSSR count). The van der Waals surface area contributed by atoms with Crippen LogP contribution in [0.3, 0.4) is 0 Å². The Morgan fingerprint density at radius 3 is 2.31 bits per heavy atom. The van der Waals surface area contributed by atoms with Crippen molar-refractivity contribution in [3.8, 4) is 0 Å². The second-order valence-electron chi connectivity index (χ2n) is 3.97. The minimum atomic E-state index is 0.320. The summed E-state index contributed by atoms with van der Waals surface area (Å²) in [7, 11) is 0. The first-order chi connectivity index (χ1) is 7.79. The predicted molar refractivity (Wildman–Crippen MR) is 68.9 cm³/mol. The van der Waals surface area contributed by atoms with Crippen molar-refractivity contribution in [2.24, 2.45) is 0 Å². The molecule has 0 spiro atoms. The van der Waals surface area contributed by atoms with Gasteiger partial charge in [-0.25, -0.2) is 0 Å². The van der Waals surface area contributed by atoms with Gasteiger partial charge >= 0.3 is 0 Å². The van der Waals surface area contributed by atoms with Crippen molar-refractivity contribution in [1.82, 2.24) is 5.32 Å². The van der Waals surface area contributed by atoms with Gasteiger partial charge in [0.25, 0.3) is 0 Å². The molecule has 0 aliphatic heterocycles. The molecule has 3 nitrogen and oxygen atoms in total. The lowest BCUT2D eigenvalue weighted by Crippen LogP contribution is -2.41. The van der Waals surface area contributed by atoms with Crippen LogP contribution in [0.2, 0.25) is 0 Å². The third-order valence-corrected chi connectivity index (χ3v) is 2.68. The van der Waals surface area contributed by atoms with Gasteiger partial charge in [-0.3, -0.25) is 0 Å². The number of ether oxygens (including phenoxy) is 2. The summed E-state index contributed by atoms with van der Waals surface area (Å²) in [6.45, 7) is 11.8. The van der Waals surface area contributed by atoms with Crippen LogP contribution in [0.1, 0.15) is 47.0 Å². The maximum absolute atomic E-state index is 5.87. The number of nitrogens with one attached hydrogen (secondary N) is 1. The molecule has 0 bridgehead atoms. The molecule has 0 saturated heterocycles. The molecule has 0 aliphatic carbocycles. The van der Waals surface area contributed by atoms with Gasteiger partial charge in [0, 0.05) is 12.6 Å². The van der Waals surface area contributed by atoms with Gasteiger partial charge in [-0.2, -0.15) is 0 Å². The quantitative estimate of drug-likeness (QED) is 0.554. The molecule has 0 saturated carbocycles. The van der Waals surface area contributed by atoms with Crippen molar-refractivity contribution >= 4 is 0 Å². The van der Waals surface area contributed by atoms with Crippen molar-refractivity contribution < 1.29 is 9.47 Å². The highest BCUT2D eigenvalue weighted by atomic mass is 16.5. The van der Waals surface area contributed by atoms with Gasteiger partial charge in [0.2, 0.25) is 0 Å². The van der Waals surface area contributed by atoms with Crippen LogP contribution in [-0.2, 0) is 9.47 Å². The summed E-state index contributed by atoms with van der Waals surface area (Å²) in [6, 6.07) is 0.488. The van der Waals surface area contributed by atoms with Gasteiger partial charge in [0.05, 0.1) is 19.3 Å². The summed E-state index contributed by atoms with van der Waals surface area (Å²) in [6.07, 6.45) is 3.76. The average molecular weight is 231 g/mol.